The maximum atomic E-state index is 13.9. The molecule has 4 nitrogen and oxygen atoms in total. The molecule has 22 heavy (non-hydrogen) atoms. The van der Waals surface area contributed by atoms with Crippen molar-refractivity contribution in [2.75, 3.05) is 0 Å². The number of carbonyl (C=O) groups excluding carboxylic acids is 1. The zero-order valence-electron chi connectivity index (χ0n) is 12.0. The Labute approximate surface area is 126 Å². The number of aliphatic carboxylic acids is 1. The van der Waals surface area contributed by atoms with Crippen LogP contribution in [0.3, 0.4) is 0 Å². The monoisotopic (exact) mass is 309 g/mol. The van der Waals surface area contributed by atoms with Crippen LogP contribution >= 0.6 is 0 Å². The minimum Gasteiger partial charge on any atom is -0.480 e. The van der Waals surface area contributed by atoms with Gasteiger partial charge in [-0.2, -0.15) is 0 Å². The molecule has 1 N–H and O–H groups in total. The standard InChI is InChI=1S/C16H17F2NO3/c17-10-5-6-11(12(18)8-10)15(20)19-13-4-2-1-3-9(13)7-14(19)16(21)22/h5-6,8-9,13-14H,1-4,7H2,(H,21,22)/t9-,13-,14+/m0/s1. The minimum atomic E-state index is -1.06. The van der Waals surface area contributed by atoms with Crippen LogP contribution in [0.25, 0.3) is 0 Å². The van der Waals surface area contributed by atoms with Gasteiger partial charge in [0.15, 0.2) is 0 Å². The molecular formula is C16H17F2NO3. The number of fused-ring (bicyclic) bond motifs is 1. The second-order valence-corrected chi connectivity index (χ2v) is 6.04. The predicted octanol–water partition coefficient (Wildman–Crippen LogP) is 2.82. The third-order valence-electron chi connectivity index (χ3n) is 4.77. The van der Waals surface area contributed by atoms with Gasteiger partial charge in [0.1, 0.15) is 17.7 Å². The van der Waals surface area contributed by atoms with Crippen molar-refractivity contribution < 1.29 is 23.5 Å². The molecule has 2 fully saturated rings. The fourth-order valence-corrected chi connectivity index (χ4v) is 3.77. The van der Waals surface area contributed by atoms with Crippen LogP contribution in [0.1, 0.15) is 42.5 Å². The number of benzene rings is 1. The normalized spacial score (nSPS) is 27.5. The van der Waals surface area contributed by atoms with Crippen molar-refractivity contribution in [1.29, 1.82) is 0 Å². The molecule has 118 valence electrons. The number of nitrogens with zero attached hydrogens (tertiary/aromatic N) is 1. The van der Waals surface area contributed by atoms with Crippen molar-refractivity contribution in [3.05, 3.63) is 35.4 Å². The van der Waals surface area contributed by atoms with Crippen LogP contribution in [0.5, 0.6) is 0 Å². The largest absolute Gasteiger partial charge is 0.480 e. The molecule has 1 aromatic rings. The van der Waals surface area contributed by atoms with E-state index in [1.165, 1.54) is 4.90 Å². The number of carboxylic acids is 1. The summed E-state index contributed by atoms with van der Waals surface area (Å²) in [4.78, 5) is 25.4. The molecule has 1 aliphatic carbocycles. The summed E-state index contributed by atoms with van der Waals surface area (Å²) in [5, 5.41) is 9.39. The molecule has 1 aromatic carbocycles. The lowest BCUT2D eigenvalue weighted by molar-refractivity contribution is -0.141. The number of likely N-dealkylation sites (tertiary alicyclic amines) is 1. The first kappa shape index (κ1) is 14.9. The maximum Gasteiger partial charge on any atom is 0.326 e. The molecule has 1 saturated carbocycles. The zero-order valence-corrected chi connectivity index (χ0v) is 12.0. The Morgan fingerprint density at radius 1 is 1.18 bits per heavy atom. The van der Waals surface area contributed by atoms with Crippen molar-refractivity contribution in [3.8, 4) is 0 Å². The van der Waals surface area contributed by atoms with Crippen molar-refractivity contribution in [3.63, 3.8) is 0 Å². The summed E-state index contributed by atoms with van der Waals surface area (Å²) in [6.07, 6.45) is 4.01. The predicted molar refractivity (Wildman–Crippen MR) is 74.3 cm³/mol. The van der Waals surface area contributed by atoms with Crippen LogP contribution in [-0.2, 0) is 4.79 Å². The molecule has 1 heterocycles. The summed E-state index contributed by atoms with van der Waals surface area (Å²) in [6, 6.07) is 1.66. The molecule has 1 saturated heterocycles. The SMILES string of the molecule is O=C(O)[C@H]1C[C@@H]2CCCC[C@@H]2N1C(=O)c1ccc(F)cc1F. The smallest absolute Gasteiger partial charge is 0.326 e. The Morgan fingerprint density at radius 2 is 1.91 bits per heavy atom. The number of hydrogen-bond acceptors (Lipinski definition) is 2. The summed E-state index contributed by atoms with van der Waals surface area (Å²) in [5.74, 6) is -3.28. The van der Waals surface area contributed by atoms with E-state index in [2.05, 4.69) is 0 Å². The second kappa shape index (κ2) is 5.66. The zero-order chi connectivity index (χ0) is 15.9. The highest BCUT2D eigenvalue weighted by atomic mass is 19.1. The number of amides is 1. The van der Waals surface area contributed by atoms with Crippen molar-refractivity contribution >= 4 is 11.9 Å². The molecule has 6 heteroatoms. The van der Waals surface area contributed by atoms with E-state index in [0.717, 1.165) is 37.8 Å². The van der Waals surface area contributed by atoms with E-state index in [1.807, 2.05) is 0 Å². The third-order valence-corrected chi connectivity index (χ3v) is 4.77. The van der Waals surface area contributed by atoms with Crippen LogP contribution in [0.2, 0.25) is 0 Å². The summed E-state index contributed by atoms with van der Waals surface area (Å²) in [6.45, 7) is 0. The molecule has 1 aliphatic heterocycles. The van der Waals surface area contributed by atoms with Crippen LogP contribution < -0.4 is 0 Å². The van der Waals surface area contributed by atoms with Gasteiger partial charge in [-0.1, -0.05) is 12.8 Å². The molecule has 1 amide bonds. The van der Waals surface area contributed by atoms with Gasteiger partial charge in [-0.3, -0.25) is 4.79 Å². The van der Waals surface area contributed by atoms with E-state index >= 15 is 0 Å². The quantitative estimate of drug-likeness (QED) is 0.914. The fourth-order valence-electron chi connectivity index (χ4n) is 3.77. The van der Waals surface area contributed by atoms with Crippen molar-refractivity contribution in [2.24, 2.45) is 5.92 Å². The van der Waals surface area contributed by atoms with Gasteiger partial charge in [0, 0.05) is 12.1 Å². The van der Waals surface area contributed by atoms with Gasteiger partial charge in [-0.15, -0.1) is 0 Å². The summed E-state index contributed by atoms with van der Waals surface area (Å²) < 4.78 is 26.9. The van der Waals surface area contributed by atoms with E-state index in [1.54, 1.807) is 0 Å². The summed E-state index contributed by atoms with van der Waals surface area (Å²) in [7, 11) is 0. The Bertz CT molecular complexity index is 619. The Balaban J connectivity index is 1.95. The van der Waals surface area contributed by atoms with E-state index in [0.29, 0.717) is 12.5 Å². The number of carboxylic acid groups (broad SMARTS) is 1. The Kier molecular flexibility index (Phi) is 3.85. The van der Waals surface area contributed by atoms with E-state index in [-0.39, 0.29) is 17.5 Å². The summed E-state index contributed by atoms with van der Waals surface area (Å²) in [5.41, 5.74) is -0.265. The molecular weight excluding hydrogens is 292 g/mol. The highest BCUT2D eigenvalue weighted by Crippen LogP contribution is 2.40. The topological polar surface area (TPSA) is 57.6 Å². The molecule has 0 aromatic heterocycles. The molecule has 3 rings (SSSR count). The van der Waals surface area contributed by atoms with E-state index in [9.17, 15) is 23.5 Å². The fraction of sp³-hybridized carbons (Fsp3) is 0.500. The number of hydrogen-bond donors (Lipinski definition) is 1. The van der Waals surface area contributed by atoms with Crippen LogP contribution in [0.4, 0.5) is 8.78 Å². The van der Waals surface area contributed by atoms with Crippen molar-refractivity contribution in [2.45, 2.75) is 44.2 Å². The van der Waals surface area contributed by atoms with Gasteiger partial charge < -0.3 is 10.0 Å². The minimum absolute atomic E-state index is 0.155. The molecule has 0 bridgehead atoms. The molecule has 3 atom stereocenters. The van der Waals surface area contributed by atoms with Crippen LogP contribution in [0, 0.1) is 17.6 Å². The summed E-state index contributed by atoms with van der Waals surface area (Å²) >= 11 is 0. The van der Waals surface area contributed by atoms with Gasteiger partial charge in [-0.25, -0.2) is 13.6 Å². The lowest BCUT2D eigenvalue weighted by Crippen LogP contribution is -2.46. The molecule has 0 radical (unpaired) electrons. The third kappa shape index (κ3) is 2.46. The van der Waals surface area contributed by atoms with Gasteiger partial charge in [-0.05, 0) is 37.3 Å². The molecule has 0 unspecified atom stereocenters. The lowest BCUT2D eigenvalue weighted by atomic mass is 9.84. The van der Waals surface area contributed by atoms with Gasteiger partial charge in [0.05, 0.1) is 5.56 Å². The number of halogens is 2. The van der Waals surface area contributed by atoms with Crippen molar-refractivity contribution in [1.82, 2.24) is 4.90 Å². The Hall–Kier alpha value is -1.98. The number of rotatable bonds is 2. The highest BCUT2D eigenvalue weighted by Gasteiger charge is 2.48. The molecule has 0 spiro atoms. The first-order valence-electron chi connectivity index (χ1n) is 7.49. The number of carbonyl (C=O) groups is 2. The Morgan fingerprint density at radius 3 is 2.59 bits per heavy atom. The maximum absolute atomic E-state index is 13.9. The van der Waals surface area contributed by atoms with Crippen LogP contribution in [-0.4, -0.2) is 34.0 Å². The van der Waals surface area contributed by atoms with E-state index < -0.39 is 29.6 Å². The average molecular weight is 309 g/mol. The highest BCUT2D eigenvalue weighted by molar-refractivity contribution is 5.97. The van der Waals surface area contributed by atoms with Gasteiger partial charge in [0.25, 0.3) is 5.91 Å². The first-order valence-corrected chi connectivity index (χ1v) is 7.49. The second-order valence-electron chi connectivity index (χ2n) is 6.04. The average Bonchev–Trinajstić information content (AvgIpc) is 2.86. The molecule has 2 aliphatic rings. The van der Waals surface area contributed by atoms with E-state index in [4.69, 9.17) is 0 Å². The van der Waals surface area contributed by atoms with Crippen LogP contribution in [0.15, 0.2) is 18.2 Å². The van der Waals surface area contributed by atoms with Gasteiger partial charge >= 0.3 is 5.97 Å². The first-order chi connectivity index (χ1) is 10.5. The lowest BCUT2D eigenvalue weighted by Gasteiger charge is -2.33. The van der Waals surface area contributed by atoms with Gasteiger partial charge in [0.2, 0.25) is 0 Å².